The van der Waals surface area contributed by atoms with Crippen LogP contribution in [0.5, 0.6) is 11.5 Å². The van der Waals surface area contributed by atoms with Gasteiger partial charge in [-0.2, -0.15) is 0 Å². The highest BCUT2D eigenvalue weighted by molar-refractivity contribution is 7.92. The van der Waals surface area contributed by atoms with Gasteiger partial charge in [0.25, 0.3) is 10.0 Å². The predicted molar refractivity (Wildman–Crippen MR) is 162 cm³/mol. The van der Waals surface area contributed by atoms with E-state index in [1.54, 1.807) is 68.6 Å². The Morgan fingerprint density at radius 1 is 0.952 bits per heavy atom. The Balaban J connectivity index is 1.66. The molecule has 0 unspecified atom stereocenters. The van der Waals surface area contributed by atoms with Gasteiger partial charge in [0.15, 0.2) is 0 Å². The van der Waals surface area contributed by atoms with E-state index in [2.05, 4.69) is 5.32 Å². The lowest BCUT2D eigenvalue weighted by Gasteiger charge is -2.32. The number of nitrogens with zero attached hydrogens (tertiary/aromatic N) is 2. The number of nitrogens with one attached hydrogen (secondary N) is 1. The normalized spacial score (nSPS) is 14.2. The molecule has 0 spiro atoms. The number of anilines is 1. The van der Waals surface area contributed by atoms with Crippen LogP contribution in [0.1, 0.15) is 45.1 Å². The standard InChI is InChI=1S/C32H39N3O6S/c1-4-41-28-17-19-30(20-18-28)42(38,39)35(27-14-6-5-7-15-27)23-31(36)34(22-25-11-10-16-29(21-25)40-3)24(2)32(37)33-26-12-8-9-13-26/h5-7,10-11,14-21,24,26H,4,8-9,12-13,22-23H2,1-3H3,(H,33,37)/t24-/m0/s1. The minimum Gasteiger partial charge on any atom is -0.497 e. The largest absolute Gasteiger partial charge is 0.497 e. The summed E-state index contributed by atoms with van der Waals surface area (Å²) in [5, 5.41) is 3.08. The molecule has 0 aromatic heterocycles. The number of hydrogen-bond donors (Lipinski definition) is 1. The third kappa shape index (κ3) is 7.61. The molecule has 10 heteroatoms. The maximum atomic E-state index is 14.1. The van der Waals surface area contributed by atoms with Gasteiger partial charge in [0.05, 0.1) is 24.3 Å². The van der Waals surface area contributed by atoms with E-state index in [4.69, 9.17) is 9.47 Å². The van der Waals surface area contributed by atoms with Crippen LogP contribution in [0.4, 0.5) is 5.69 Å². The molecular formula is C32H39N3O6S. The fourth-order valence-corrected chi connectivity index (χ4v) is 6.48. The van der Waals surface area contributed by atoms with Crippen molar-refractivity contribution >= 4 is 27.5 Å². The Labute approximate surface area is 248 Å². The summed E-state index contributed by atoms with van der Waals surface area (Å²) in [5.74, 6) is 0.390. The second kappa shape index (κ2) is 14.2. The summed E-state index contributed by atoms with van der Waals surface area (Å²) in [5.41, 5.74) is 1.09. The molecule has 0 aliphatic heterocycles. The molecule has 9 nitrogen and oxygen atoms in total. The van der Waals surface area contributed by atoms with Crippen molar-refractivity contribution in [3.8, 4) is 11.5 Å². The van der Waals surface area contributed by atoms with Gasteiger partial charge in [0.2, 0.25) is 11.8 Å². The average Bonchev–Trinajstić information content (AvgIpc) is 3.52. The van der Waals surface area contributed by atoms with E-state index in [-0.39, 0.29) is 23.4 Å². The van der Waals surface area contributed by atoms with E-state index in [1.165, 1.54) is 17.0 Å². The first-order valence-corrected chi connectivity index (χ1v) is 15.7. The van der Waals surface area contributed by atoms with E-state index in [0.29, 0.717) is 23.8 Å². The fourth-order valence-electron chi connectivity index (χ4n) is 5.07. The van der Waals surface area contributed by atoms with Crippen LogP contribution in [-0.2, 0) is 26.2 Å². The van der Waals surface area contributed by atoms with Gasteiger partial charge in [-0.15, -0.1) is 0 Å². The Hall–Kier alpha value is -4.05. The molecule has 42 heavy (non-hydrogen) atoms. The van der Waals surface area contributed by atoms with Crippen LogP contribution in [0.15, 0.2) is 83.8 Å². The van der Waals surface area contributed by atoms with Crippen LogP contribution in [0.25, 0.3) is 0 Å². The minimum atomic E-state index is -4.15. The lowest BCUT2D eigenvalue weighted by Crippen LogP contribution is -2.52. The van der Waals surface area contributed by atoms with Crippen molar-refractivity contribution in [3.05, 3.63) is 84.4 Å². The van der Waals surface area contributed by atoms with Gasteiger partial charge in [-0.25, -0.2) is 8.42 Å². The third-order valence-electron chi connectivity index (χ3n) is 7.40. The van der Waals surface area contributed by atoms with Crippen LogP contribution < -0.4 is 19.1 Å². The number of carbonyl (C=O) groups is 2. The molecule has 4 rings (SSSR count). The Morgan fingerprint density at radius 2 is 1.64 bits per heavy atom. The first-order chi connectivity index (χ1) is 20.2. The number of hydrogen-bond acceptors (Lipinski definition) is 6. The second-order valence-corrected chi connectivity index (χ2v) is 12.2. The van der Waals surface area contributed by atoms with Gasteiger partial charge in [-0.3, -0.25) is 13.9 Å². The van der Waals surface area contributed by atoms with Gasteiger partial charge in [-0.1, -0.05) is 43.2 Å². The Kier molecular flexibility index (Phi) is 10.5. The predicted octanol–water partition coefficient (Wildman–Crippen LogP) is 4.77. The number of para-hydroxylation sites is 1. The SMILES string of the molecule is CCOc1ccc(S(=O)(=O)N(CC(=O)N(Cc2cccc(OC)c2)[C@@H](C)C(=O)NC2CCCC2)c2ccccc2)cc1. The Bertz CT molecular complexity index is 1440. The molecule has 1 fully saturated rings. The van der Waals surface area contributed by atoms with Gasteiger partial charge in [-0.05, 0) is 80.8 Å². The monoisotopic (exact) mass is 593 g/mol. The maximum Gasteiger partial charge on any atom is 0.264 e. The van der Waals surface area contributed by atoms with Crippen LogP contribution in [-0.4, -0.2) is 57.5 Å². The summed E-state index contributed by atoms with van der Waals surface area (Å²) in [6.07, 6.45) is 3.93. The zero-order chi connectivity index (χ0) is 30.1. The number of rotatable bonds is 13. The van der Waals surface area contributed by atoms with E-state index >= 15 is 0 Å². The number of carbonyl (C=O) groups excluding carboxylic acids is 2. The van der Waals surface area contributed by atoms with Crippen molar-refractivity contribution in [2.24, 2.45) is 0 Å². The Morgan fingerprint density at radius 3 is 2.29 bits per heavy atom. The molecule has 224 valence electrons. The van der Waals surface area contributed by atoms with Crippen molar-refractivity contribution in [2.45, 2.75) is 63.1 Å². The second-order valence-electron chi connectivity index (χ2n) is 10.3. The summed E-state index contributed by atoms with van der Waals surface area (Å²) in [7, 11) is -2.59. The molecule has 3 aromatic rings. The molecule has 0 radical (unpaired) electrons. The molecule has 1 N–H and O–H groups in total. The van der Waals surface area contributed by atoms with Gasteiger partial charge >= 0.3 is 0 Å². The van der Waals surface area contributed by atoms with Crippen LogP contribution in [0.2, 0.25) is 0 Å². The average molecular weight is 594 g/mol. The van der Waals surface area contributed by atoms with Gasteiger partial charge < -0.3 is 19.7 Å². The summed E-state index contributed by atoms with van der Waals surface area (Å²) in [4.78, 5) is 28.9. The van der Waals surface area contributed by atoms with Crippen LogP contribution in [0.3, 0.4) is 0 Å². The summed E-state index contributed by atoms with van der Waals surface area (Å²) < 4.78 is 39.8. The number of benzene rings is 3. The highest BCUT2D eigenvalue weighted by atomic mass is 32.2. The van der Waals surface area contributed by atoms with E-state index in [9.17, 15) is 18.0 Å². The maximum absolute atomic E-state index is 14.1. The van der Waals surface area contributed by atoms with E-state index in [0.717, 1.165) is 35.6 Å². The molecule has 2 amide bonds. The summed E-state index contributed by atoms with van der Waals surface area (Å²) in [6.45, 7) is 3.58. The molecule has 1 saturated carbocycles. The smallest absolute Gasteiger partial charge is 0.264 e. The molecule has 1 aliphatic carbocycles. The molecule has 0 bridgehead atoms. The molecule has 1 aliphatic rings. The number of amides is 2. The minimum absolute atomic E-state index is 0.0222. The lowest BCUT2D eigenvalue weighted by atomic mass is 10.1. The highest BCUT2D eigenvalue weighted by Crippen LogP contribution is 2.26. The van der Waals surface area contributed by atoms with Crippen molar-refractivity contribution in [2.75, 3.05) is 24.6 Å². The first kappa shape index (κ1) is 30.9. The number of sulfonamides is 1. The zero-order valence-corrected chi connectivity index (χ0v) is 25.2. The molecule has 3 aromatic carbocycles. The van der Waals surface area contributed by atoms with Crippen LogP contribution in [0, 0.1) is 0 Å². The molecule has 1 atom stereocenters. The number of methoxy groups -OCH3 is 1. The fraction of sp³-hybridized carbons (Fsp3) is 0.375. The van der Waals surface area contributed by atoms with E-state index in [1.807, 2.05) is 19.1 Å². The summed E-state index contributed by atoms with van der Waals surface area (Å²) >= 11 is 0. The summed E-state index contributed by atoms with van der Waals surface area (Å²) in [6, 6.07) is 21.1. The molecular weight excluding hydrogens is 554 g/mol. The van der Waals surface area contributed by atoms with Gasteiger partial charge in [0, 0.05) is 12.6 Å². The zero-order valence-electron chi connectivity index (χ0n) is 24.4. The quantitative estimate of drug-likeness (QED) is 0.306. The van der Waals surface area contributed by atoms with Gasteiger partial charge in [0.1, 0.15) is 24.1 Å². The van der Waals surface area contributed by atoms with Crippen molar-refractivity contribution in [1.82, 2.24) is 10.2 Å². The topological polar surface area (TPSA) is 105 Å². The van der Waals surface area contributed by atoms with Crippen molar-refractivity contribution in [3.63, 3.8) is 0 Å². The molecule has 0 saturated heterocycles. The lowest BCUT2D eigenvalue weighted by molar-refractivity contribution is -0.139. The molecule has 0 heterocycles. The van der Waals surface area contributed by atoms with E-state index < -0.39 is 28.5 Å². The highest BCUT2D eigenvalue weighted by Gasteiger charge is 2.33. The van der Waals surface area contributed by atoms with Crippen molar-refractivity contribution in [1.29, 1.82) is 0 Å². The van der Waals surface area contributed by atoms with Crippen LogP contribution >= 0.6 is 0 Å². The number of ether oxygens (including phenoxy) is 2. The first-order valence-electron chi connectivity index (χ1n) is 14.3. The third-order valence-corrected chi connectivity index (χ3v) is 9.19. The van der Waals surface area contributed by atoms with Crippen molar-refractivity contribution < 1.29 is 27.5 Å².